The van der Waals surface area contributed by atoms with Crippen LogP contribution in [-0.2, 0) is 0 Å². The Morgan fingerprint density at radius 2 is 2.00 bits per heavy atom. The molecular formula is C9H11Cl2F3N2O. The van der Waals surface area contributed by atoms with E-state index in [2.05, 4.69) is 4.98 Å². The zero-order chi connectivity index (χ0) is 11.5. The molecular weight excluding hydrogens is 280 g/mol. The van der Waals surface area contributed by atoms with Gasteiger partial charge in [0.1, 0.15) is 6.04 Å². The van der Waals surface area contributed by atoms with Crippen LogP contribution >= 0.6 is 24.8 Å². The van der Waals surface area contributed by atoms with Gasteiger partial charge in [0.15, 0.2) is 0 Å². The van der Waals surface area contributed by atoms with E-state index in [-0.39, 0.29) is 30.4 Å². The molecule has 8 heteroatoms. The van der Waals surface area contributed by atoms with E-state index < -0.39 is 18.1 Å². The molecule has 0 bridgehead atoms. The quantitative estimate of drug-likeness (QED) is 0.910. The third kappa shape index (κ3) is 5.74. The third-order valence-electron chi connectivity index (χ3n) is 1.76. The van der Waals surface area contributed by atoms with Crippen LogP contribution in [0, 0.1) is 0 Å². The van der Waals surface area contributed by atoms with E-state index in [9.17, 15) is 18.0 Å². The summed E-state index contributed by atoms with van der Waals surface area (Å²) in [7, 11) is 0. The van der Waals surface area contributed by atoms with E-state index in [1.807, 2.05) is 5.32 Å². The van der Waals surface area contributed by atoms with Crippen molar-refractivity contribution in [1.82, 2.24) is 10.3 Å². The van der Waals surface area contributed by atoms with E-state index in [0.717, 1.165) is 6.92 Å². The molecule has 0 unspecified atom stereocenters. The fourth-order valence-corrected chi connectivity index (χ4v) is 0.859. The Kier molecular flexibility index (Phi) is 7.93. The lowest BCUT2D eigenvalue weighted by molar-refractivity contribution is -0.149. The number of pyridine rings is 1. The summed E-state index contributed by atoms with van der Waals surface area (Å²) in [4.78, 5) is 14.9. The molecule has 1 amide bonds. The maximum absolute atomic E-state index is 12.1. The molecule has 1 atom stereocenters. The number of alkyl halides is 3. The number of hydrogen-bond acceptors (Lipinski definition) is 2. The van der Waals surface area contributed by atoms with Crippen molar-refractivity contribution in [3.05, 3.63) is 30.1 Å². The summed E-state index contributed by atoms with van der Waals surface area (Å²) >= 11 is 0. The molecule has 0 radical (unpaired) electrons. The highest BCUT2D eigenvalue weighted by atomic mass is 35.5. The van der Waals surface area contributed by atoms with Crippen LogP contribution in [0.5, 0.6) is 0 Å². The van der Waals surface area contributed by atoms with Gasteiger partial charge in [-0.3, -0.25) is 9.78 Å². The van der Waals surface area contributed by atoms with Crippen molar-refractivity contribution in [3.63, 3.8) is 0 Å². The monoisotopic (exact) mass is 290 g/mol. The molecule has 0 saturated carbocycles. The van der Waals surface area contributed by atoms with Gasteiger partial charge in [0.05, 0.1) is 5.56 Å². The average Bonchev–Trinajstić information content (AvgIpc) is 2.17. The zero-order valence-electron chi connectivity index (χ0n) is 8.69. The second-order valence-corrected chi connectivity index (χ2v) is 2.98. The van der Waals surface area contributed by atoms with Crippen LogP contribution in [0.25, 0.3) is 0 Å². The molecule has 0 aliphatic rings. The summed E-state index contributed by atoms with van der Waals surface area (Å²) in [6, 6.07) is 1.00. The Bertz CT molecular complexity index is 346. The van der Waals surface area contributed by atoms with Gasteiger partial charge >= 0.3 is 6.18 Å². The van der Waals surface area contributed by atoms with Crippen molar-refractivity contribution in [3.8, 4) is 0 Å². The van der Waals surface area contributed by atoms with Crippen LogP contribution in [-0.4, -0.2) is 23.1 Å². The van der Waals surface area contributed by atoms with Crippen LogP contribution in [0.4, 0.5) is 13.2 Å². The summed E-state index contributed by atoms with van der Waals surface area (Å²) < 4.78 is 36.3. The van der Waals surface area contributed by atoms with Gasteiger partial charge in [-0.2, -0.15) is 13.2 Å². The van der Waals surface area contributed by atoms with Crippen molar-refractivity contribution in [2.45, 2.75) is 19.1 Å². The van der Waals surface area contributed by atoms with Crippen LogP contribution in [0.15, 0.2) is 24.5 Å². The summed E-state index contributed by atoms with van der Waals surface area (Å²) in [6.07, 6.45) is -1.79. The van der Waals surface area contributed by atoms with Crippen molar-refractivity contribution in [2.75, 3.05) is 0 Å². The Morgan fingerprint density at radius 1 is 1.41 bits per heavy atom. The molecule has 0 fully saturated rings. The summed E-state index contributed by atoms with van der Waals surface area (Å²) in [5.74, 6) is -0.784. The minimum Gasteiger partial charge on any atom is -0.340 e. The molecule has 1 aromatic rings. The lowest BCUT2D eigenvalue weighted by Gasteiger charge is -2.16. The number of amides is 1. The number of nitrogens with one attached hydrogen (secondary N) is 1. The number of hydrogen-bond donors (Lipinski definition) is 1. The summed E-state index contributed by atoms with van der Waals surface area (Å²) in [5.41, 5.74) is 0.105. The molecule has 0 aliphatic heterocycles. The molecule has 17 heavy (non-hydrogen) atoms. The normalized spacial score (nSPS) is 11.8. The van der Waals surface area contributed by atoms with Crippen molar-refractivity contribution in [2.24, 2.45) is 0 Å². The first-order chi connectivity index (χ1) is 6.91. The van der Waals surface area contributed by atoms with Gasteiger partial charge < -0.3 is 5.32 Å². The zero-order valence-corrected chi connectivity index (χ0v) is 10.3. The maximum atomic E-state index is 12.1. The van der Waals surface area contributed by atoms with E-state index >= 15 is 0 Å². The molecule has 1 heterocycles. The molecule has 98 valence electrons. The van der Waals surface area contributed by atoms with Crippen molar-refractivity contribution < 1.29 is 18.0 Å². The SMILES string of the molecule is C[C@H](NC(=O)c1cccnc1)C(F)(F)F.Cl.Cl. The number of halogens is 5. The fourth-order valence-electron chi connectivity index (χ4n) is 0.859. The van der Waals surface area contributed by atoms with Gasteiger partial charge in [0.2, 0.25) is 0 Å². The lowest BCUT2D eigenvalue weighted by atomic mass is 10.2. The van der Waals surface area contributed by atoms with Crippen LogP contribution in [0.3, 0.4) is 0 Å². The Labute approximate surface area is 109 Å². The van der Waals surface area contributed by atoms with Gasteiger partial charge in [-0.1, -0.05) is 0 Å². The molecule has 0 saturated heterocycles. The van der Waals surface area contributed by atoms with Crippen LogP contribution in [0.2, 0.25) is 0 Å². The standard InChI is InChI=1S/C9H9F3N2O.2ClH/c1-6(9(10,11)12)14-8(15)7-3-2-4-13-5-7;;/h2-6H,1H3,(H,14,15);2*1H/t6-;;/m0../s1. The van der Waals surface area contributed by atoms with E-state index in [0.29, 0.717) is 0 Å². The first-order valence-corrected chi connectivity index (χ1v) is 4.19. The predicted molar refractivity (Wildman–Crippen MR) is 61.7 cm³/mol. The summed E-state index contributed by atoms with van der Waals surface area (Å²) in [5, 5.41) is 1.83. The second-order valence-electron chi connectivity index (χ2n) is 2.98. The Balaban J connectivity index is 0. The molecule has 0 aromatic carbocycles. The van der Waals surface area contributed by atoms with Gasteiger partial charge in [0, 0.05) is 12.4 Å². The molecule has 3 nitrogen and oxygen atoms in total. The fraction of sp³-hybridized carbons (Fsp3) is 0.333. The Hall–Kier alpha value is -1.01. The van der Waals surface area contributed by atoms with Crippen LogP contribution in [0.1, 0.15) is 17.3 Å². The highest BCUT2D eigenvalue weighted by molar-refractivity contribution is 5.94. The number of aromatic nitrogens is 1. The second kappa shape index (κ2) is 7.34. The van der Waals surface area contributed by atoms with E-state index in [4.69, 9.17) is 0 Å². The largest absolute Gasteiger partial charge is 0.408 e. The Morgan fingerprint density at radius 3 is 2.41 bits per heavy atom. The topological polar surface area (TPSA) is 42.0 Å². The average molecular weight is 291 g/mol. The van der Waals surface area contributed by atoms with Crippen molar-refractivity contribution in [1.29, 1.82) is 0 Å². The lowest BCUT2D eigenvalue weighted by Crippen LogP contribution is -2.43. The molecule has 1 N–H and O–H groups in total. The van der Waals surface area contributed by atoms with Crippen molar-refractivity contribution >= 4 is 30.7 Å². The highest BCUT2D eigenvalue weighted by Gasteiger charge is 2.37. The van der Waals surface area contributed by atoms with E-state index in [1.165, 1.54) is 24.5 Å². The van der Waals surface area contributed by atoms with Crippen LogP contribution < -0.4 is 5.32 Å². The van der Waals surface area contributed by atoms with Gasteiger partial charge in [0.25, 0.3) is 5.91 Å². The number of carbonyl (C=O) groups is 1. The third-order valence-corrected chi connectivity index (χ3v) is 1.76. The summed E-state index contributed by atoms with van der Waals surface area (Å²) in [6.45, 7) is 0.883. The highest BCUT2D eigenvalue weighted by Crippen LogP contribution is 2.19. The first-order valence-electron chi connectivity index (χ1n) is 4.19. The maximum Gasteiger partial charge on any atom is 0.408 e. The molecule has 1 rings (SSSR count). The minimum absolute atomic E-state index is 0. The van der Waals surface area contributed by atoms with Gasteiger partial charge in [-0.15, -0.1) is 24.8 Å². The number of carbonyl (C=O) groups excluding carboxylic acids is 1. The minimum atomic E-state index is -4.43. The number of nitrogens with zero attached hydrogens (tertiary/aromatic N) is 1. The van der Waals surface area contributed by atoms with Gasteiger partial charge in [-0.25, -0.2) is 0 Å². The molecule has 0 aliphatic carbocycles. The predicted octanol–water partition coefficient (Wildman–Crippen LogP) is 2.61. The van der Waals surface area contributed by atoms with E-state index in [1.54, 1.807) is 0 Å². The first kappa shape index (κ1) is 18.4. The van der Waals surface area contributed by atoms with Gasteiger partial charge in [-0.05, 0) is 19.1 Å². The smallest absolute Gasteiger partial charge is 0.340 e. The molecule has 1 aromatic heterocycles. The number of rotatable bonds is 2. The molecule has 0 spiro atoms.